The van der Waals surface area contributed by atoms with Crippen molar-refractivity contribution in [2.24, 2.45) is 0 Å². The number of halogens is 1. The van der Waals surface area contributed by atoms with E-state index in [9.17, 15) is 9.18 Å². The molecule has 2 aromatic carbocycles. The first kappa shape index (κ1) is 13.4. The fourth-order valence-corrected chi connectivity index (χ4v) is 2.50. The maximum absolute atomic E-state index is 13.5. The Morgan fingerprint density at radius 2 is 2.05 bits per heavy atom. The summed E-state index contributed by atoms with van der Waals surface area (Å²) in [5, 5.41) is 8.74. The van der Waals surface area contributed by atoms with Crippen LogP contribution in [0.1, 0.15) is 15.9 Å². The highest BCUT2D eigenvalue weighted by molar-refractivity contribution is 7.98. The van der Waals surface area contributed by atoms with E-state index in [0.717, 1.165) is 10.5 Å². The predicted molar refractivity (Wildman–Crippen MR) is 73.8 cm³/mol. The molecule has 0 unspecified atom stereocenters. The van der Waals surface area contributed by atoms with Crippen LogP contribution in [0, 0.1) is 5.82 Å². The largest absolute Gasteiger partial charge is 0.478 e. The van der Waals surface area contributed by atoms with Crippen molar-refractivity contribution in [3.05, 3.63) is 59.4 Å². The second-order valence-corrected chi connectivity index (χ2v) is 5.03. The summed E-state index contributed by atoms with van der Waals surface area (Å²) in [7, 11) is 0. The van der Waals surface area contributed by atoms with Gasteiger partial charge >= 0.3 is 5.97 Å². The fraction of sp³-hybridized carbons (Fsp3) is 0.0714. The molecule has 0 bridgehead atoms. The average Bonchev–Trinajstić information content (AvgIpc) is 2.36. The molecule has 0 aliphatic rings. The van der Waals surface area contributed by atoms with Crippen molar-refractivity contribution in [2.75, 3.05) is 5.73 Å². The molecule has 0 aliphatic carbocycles. The highest BCUT2D eigenvalue weighted by Crippen LogP contribution is 2.25. The zero-order chi connectivity index (χ0) is 13.8. The fourth-order valence-electron chi connectivity index (χ4n) is 1.59. The molecule has 0 spiro atoms. The Labute approximate surface area is 114 Å². The van der Waals surface area contributed by atoms with E-state index < -0.39 is 11.8 Å². The molecular weight excluding hydrogens is 265 g/mol. The lowest BCUT2D eigenvalue weighted by molar-refractivity contribution is 0.0692. The molecule has 0 heterocycles. The van der Waals surface area contributed by atoms with Crippen molar-refractivity contribution in [2.45, 2.75) is 10.6 Å². The lowest BCUT2D eigenvalue weighted by atomic mass is 10.1. The maximum atomic E-state index is 13.5. The third-order valence-corrected chi connectivity index (χ3v) is 3.59. The summed E-state index contributed by atoms with van der Waals surface area (Å²) in [6.07, 6.45) is 0. The number of nitrogens with two attached hydrogens (primary N) is 1. The molecule has 19 heavy (non-hydrogen) atoms. The molecule has 0 saturated heterocycles. The molecule has 0 radical (unpaired) electrons. The number of rotatable bonds is 4. The van der Waals surface area contributed by atoms with E-state index >= 15 is 0 Å². The number of hydrogen-bond acceptors (Lipinski definition) is 3. The van der Waals surface area contributed by atoms with E-state index in [1.54, 1.807) is 12.1 Å². The maximum Gasteiger partial charge on any atom is 0.338 e. The van der Waals surface area contributed by atoms with E-state index in [-0.39, 0.29) is 5.56 Å². The second-order valence-electron chi connectivity index (χ2n) is 3.98. The van der Waals surface area contributed by atoms with Gasteiger partial charge in [0.1, 0.15) is 5.82 Å². The summed E-state index contributed by atoms with van der Waals surface area (Å²) < 4.78 is 13.5. The smallest absolute Gasteiger partial charge is 0.338 e. The highest BCUT2D eigenvalue weighted by atomic mass is 32.2. The van der Waals surface area contributed by atoms with Crippen LogP contribution >= 0.6 is 11.8 Å². The van der Waals surface area contributed by atoms with Crippen LogP contribution in [0.5, 0.6) is 0 Å². The number of anilines is 1. The molecular formula is C14H12FNO2S. The molecule has 5 heteroatoms. The summed E-state index contributed by atoms with van der Waals surface area (Å²) >= 11 is 1.52. The highest BCUT2D eigenvalue weighted by Gasteiger charge is 2.10. The summed E-state index contributed by atoms with van der Waals surface area (Å²) in [6.45, 7) is 0. The van der Waals surface area contributed by atoms with E-state index in [1.165, 1.54) is 23.9 Å². The first-order valence-electron chi connectivity index (χ1n) is 5.56. The third kappa shape index (κ3) is 3.48. The molecule has 0 atom stereocenters. The second kappa shape index (κ2) is 5.75. The Balaban J connectivity index is 2.08. The summed E-state index contributed by atoms with van der Waals surface area (Å²) in [4.78, 5) is 11.7. The number of aromatic carboxylic acids is 1. The van der Waals surface area contributed by atoms with Gasteiger partial charge in [-0.05, 0) is 35.9 Å². The first-order valence-corrected chi connectivity index (χ1v) is 6.55. The van der Waals surface area contributed by atoms with Gasteiger partial charge in [0.25, 0.3) is 0 Å². The van der Waals surface area contributed by atoms with Gasteiger partial charge in [0.2, 0.25) is 0 Å². The van der Waals surface area contributed by atoms with Gasteiger partial charge in [0.05, 0.1) is 5.56 Å². The van der Waals surface area contributed by atoms with Crippen LogP contribution in [-0.2, 0) is 5.75 Å². The minimum atomic E-state index is -1.26. The summed E-state index contributed by atoms with van der Waals surface area (Å²) in [5.74, 6) is -1.41. The van der Waals surface area contributed by atoms with Crippen LogP contribution in [0.2, 0.25) is 0 Å². The van der Waals surface area contributed by atoms with Crippen LogP contribution in [0.3, 0.4) is 0 Å². The van der Waals surface area contributed by atoms with Crippen LogP contribution in [-0.4, -0.2) is 11.1 Å². The van der Waals surface area contributed by atoms with Gasteiger partial charge in [-0.2, -0.15) is 0 Å². The number of carbonyl (C=O) groups is 1. The Morgan fingerprint density at radius 1 is 1.26 bits per heavy atom. The quantitative estimate of drug-likeness (QED) is 0.664. The van der Waals surface area contributed by atoms with Crippen LogP contribution in [0.25, 0.3) is 0 Å². The monoisotopic (exact) mass is 277 g/mol. The zero-order valence-corrected chi connectivity index (χ0v) is 10.8. The zero-order valence-electron chi connectivity index (χ0n) is 9.97. The van der Waals surface area contributed by atoms with Gasteiger partial charge < -0.3 is 10.8 Å². The number of carboxylic acid groups (broad SMARTS) is 1. The molecule has 0 fully saturated rings. The Morgan fingerprint density at radius 3 is 2.68 bits per heavy atom. The Bertz CT molecular complexity index is 616. The standard InChI is InChI=1S/C14H12FNO2S/c15-13-6-9(4-5-12(13)14(17)18)8-19-11-3-1-2-10(16)7-11/h1-7H,8,16H2,(H,17,18). The molecule has 3 nitrogen and oxygen atoms in total. The molecule has 2 aromatic rings. The minimum absolute atomic E-state index is 0.308. The predicted octanol–water partition coefficient (Wildman–Crippen LogP) is 3.40. The molecule has 3 N–H and O–H groups in total. The van der Waals surface area contributed by atoms with Crippen molar-refractivity contribution in [3.8, 4) is 0 Å². The lowest BCUT2D eigenvalue weighted by Gasteiger charge is -2.04. The average molecular weight is 277 g/mol. The Hall–Kier alpha value is -2.01. The van der Waals surface area contributed by atoms with Crippen LogP contribution < -0.4 is 5.73 Å². The van der Waals surface area contributed by atoms with Gasteiger partial charge in [-0.1, -0.05) is 12.1 Å². The van der Waals surface area contributed by atoms with E-state index in [2.05, 4.69) is 0 Å². The normalized spacial score (nSPS) is 10.4. The number of hydrogen-bond donors (Lipinski definition) is 2. The molecule has 2 rings (SSSR count). The topological polar surface area (TPSA) is 63.3 Å². The molecule has 0 aliphatic heterocycles. The van der Waals surface area contributed by atoms with E-state index in [4.69, 9.17) is 10.8 Å². The first-order chi connectivity index (χ1) is 9.06. The summed E-state index contributed by atoms with van der Waals surface area (Å²) in [5.41, 5.74) is 6.77. The van der Waals surface area contributed by atoms with Crippen molar-refractivity contribution >= 4 is 23.4 Å². The lowest BCUT2D eigenvalue weighted by Crippen LogP contribution is -2.00. The molecule has 0 aromatic heterocycles. The molecule has 0 saturated carbocycles. The van der Waals surface area contributed by atoms with Gasteiger partial charge in [0.15, 0.2) is 0 Å². The van der Waals surface area contributed by atoms with Crippen molar-refractivity contribution in [3.63, 3.8) is 0 Å². The van der Waals surface area contributed by atoms with Crippen LogP contribution in [0.4, 0.5) is 10.1 Å². The van der Waals surface area contributed by atoms with Gasteiger partial charge in [-0.15, -0.1) is 11.8 Å². The number of thioether (sulfide) groups is 1. The van der Waals surface area contributed by atoms with Crippen molar-refractivity contribution in [1.82, 2.24) is 0 Å². The number of nitrogen functional groups attached to an aromatic ring is 1. The molecule has 0 amide bonds. The summed E-state index contributed by atoms with van der Waals surface area (Å²) in [6, 6.07) is 11.6. The van der Waals surface area contributed by atoms with Crippen molar-refractivity contribution in [1.29, 1.82) is 0 Å². The minimum Gasteiger partial charge on any atom is -0.478 e. The van der Waals surface area contributed by atoms with E-state index in [1.807, 2.05) is 18.2 Å². The van der Waals surface area contributed by atoms with Gasteiger partial charge in [-0.3, -0.25) is 0 Å². The third-order valence-electron chi connectivity index (χ3n) is 2.53. The molecule has 98 valence electrons. The number of carboxylic acids is 1. The van der Waals surface area contributed by atoms with Gasteiger partial charge in [0, 0.05) is 16.3 Å². The SMILES string of the molecule is Nc1cccc(SCc2ccc(C(=O)O)c(F)c2)c1. The number of benzene rings is 2. The van der Waals surface area contributed by atoms with Crippen LogP contribution in [0.15, 0.2) is 47.4 Å². The van der Waals surface area contributed by atoms with Gasteiger partial charge in [-0.25, -0.2) is 9.18 Å². The van der Waals surface area contributed by atoms with Crippen molar-refractivity contribution < 1.29 is 14.3 Å². The van der Waals surface area contributed by atoms with E-state index in [0.29, 0.717) is 11.4 Å². The Kier molecular flexibility index (Phi) is 4.06.